The first-order chi connectivity index (χ1) is 7.00. The van der Waals surface area contributed by atoms with E-state index in [0.29, 0.717) is 15.8 Å². The number of aromatic nitrogens is 3. The zero-order valence-corrected chi connectivity index (χ0v) is 9.60. The molecule has 0 amide bonds. The number of H-pyrrole nitrogens is 1. The van der Waals surface area contributed by atoms with Crippen LogP contribution in [0.3, 0.4) is 0 Å². The molecule has 1 N–H and O–H groups in total. The summed E-state index contributed by atoms with van der Waals surface area (Å²) < 4.78 is 1.81. The van der Waals surface area contributed by atoms with Crippen LogP contribution in [0.2, 0.25) is 0 Å². The van der Waals surface area contributed by atoms with E-state index in [2.05, 4.69) is 9.97 Å². The van der Waals surface area contributed by atoms with Crippen LogP contribution >= 0.6 is 12.2 Å². The van der Waals surface area contributed by atoms with Crippen LogP contribution in [0.1, 0.15) is 11.3 Å². The zero-order valence-electron chi connectivity index (χ0n) is 8.79. The molecule has 0 aliphatic rings. The minimum atomic E-state index is -0.0984. The Morgan fingerprint density at radius 3 is 2.80 bits per heavy atom. The van der Waals surface area contributed by atoms with Gasteiger partial charge >= 0.3 is 0 Å². The summed E-state index contributed by atoms with van der Waals surface area (Å²) in [5.41, 5.74) is 2.27. The number of nitrogens with zero attached hydrogens (tertiary/aromatic N) is 2. The number of hydrogen-bond acceptors (Lipinski definition) is 3. The van der Waals surface area contributed by atoms with Crippen molar-refractivity contribution in [1.29, 1.82) is 0 Å². The number of aryl methyl sites for hydroxylation is 2. The number of nitrogens with one attached hydrogen (secondary N) is 1. The standard InChI is InChI=1S/C10H11N3OS/c1-5-4-6(2)11-8-7(5)9(14)13(3)10(15)12-8/h4H,1-3H3,(H,11,12,15). The molecule has 2 aromatic rings. The maximum atomic E-state index is 11.9. The van der Waals surface area contributed by atoms with Crippen molar-refractivity contribution in [3.05, 3.63) is 32.4 Å². The van der Waals surface area contributed by atoms with Crippen LogP contribution in [0.5, 0.6) is 0 Å². The smallest absolute Gasteiger partial charge is 0.263 e. The van der Waals surface area contributed by atoms with Gasteiger partial charge in [0.25, 0.3) is 5.56 Å². The van der Waals surface area contributed by atoms with Gasteiger partial charge in [0.2, 0.25) is 0 Å². The highest BCUT2D eigenvalue weighted by molar-refractivity contribution is 7.71. The highest BCUT2D eigenvalue weighted by atomic mass is 32.1. The molecule has 0 saturated heterocycles. The fraction of sp³-hybridized carbons (Fsp3) is 0.300. The largest absolute Gasteiger partial charge is 0.316 e. The van der Waals surface area contributed by atoms with Gasteiger partial charge in [-0.05, 0) is 37.7 Å². The molecule has 0 unspecified atom stereocenters. The Bertz CT molecular complexity index is 654. The second kappa shape index (κ2) is 3.27. The number of aromatic amines is 1. The summed E-state index contributed by atoms with van der Waals surface area (Å²) in [6, 6.07) is 1.89. The van der Waals surface area contributed by atoms with Gasteiger partial charge < -0.3 is 4.98 Å². The van der Waals surface area contributed by atoms with E-state index in [1.807, 2.05) is 19.9 Å². The second-order valence-corrected chi connectivity index (χ2v) is 3.99. The summed E-state index contributed by atoms with van der Waals surface area (Å²) in [6.45, 7) is 3.79. The summed E-state index contributed by atoms with van der Waals surface area (Å²) in [6.07, 6.45) is 0. The third-order valence-electron chi connectivity index (χ3n) is 2.39. The molecule has 2 heterocycles. The molecule has 0 fully saturated rings. The highest BCUT2D eigenvalue weighted by Gasteiger charge is 2.07. The number of hydrogen-bond donors (Lipinski definition) is 1. The van der Waals surface area contributed by atoms with E-state index in [1.54, 1.807) is 7.05 Å². The van der Waals surface area contributed by atoms with Crippen molar-refractivity contribution in [1.82, 2.24) is 14.5 Å². The number of pyridine rings is 1. The fourth-order valence-corrected chi connectivity index (χ4v) is 1.82. The van der Waals surface area contributed by atoms with Crippen LogP contribution < -0.4 is 5.56 Å². The Morgan fingerprint density at radius 2 is 2.13 bits per heavy atom. The van der Waals surface area contributed by atoms with Crippen molar-refractivity contribution in [3.63, 3.8) is 0 Å². The topological polar surface area (TPSA) is 50.7 Å². The molecular formula is C10H11N3OS. The zero-order chi connectivity index (χ0) is 11.2. The molecule has 5 heteroatoms. The number of fused-ring (bicyclic) bond motifs is 1. The van der Waals surface area contributed by atoms with Gasteiger partial charge in [-0.15, -0.1) is 0 Å². The van der Waals surface area contributed by atoms with Gasteiger partial charge in [0, 0.05) is 12.7 Å². The molecule has 0 atom stereocenters. The lowest BCUT2D eigenvalue weighted by Gasteiger charge is -2.05. The monoisotopic (exact) mass is 221 g/mol. The van der Waals surface area contributed by atoms with E-state index in [-0.39, 0.29) is 5.56 Å². The van der Waals surface area contributed by atoms with Crippen LogP contribution in [0.4, 0.5) is 0 Å². The third-order valence-corrected chi connectivity index (χ3v) is 2.77. The van der Waals surface area contributed by atoms with Gasteiger partial charge in [-0.25, -0.2) is 4.98 Å². The van der Waals surface area contributed by atoms with E-state index in [9.17, 15) is 4.79 Å². The number of rotatable bonds is 0. The van der Waals surface area contributed by atoms with E-state index in [4.69, 9.17) is 12.2 Å². The molecule has 0 aliphatic carbocycles. The van der Waals surface area contributed by atoms with Gasteiger partial charge in [0.1, 0.15) is 5.65 Å². The molecule has 0 saturated carbocycles. The Kier molecular flexibility index (Phi) is 2.19. The first-order valence-electron chi connectivity index (χ1n) is 4.58. The lowest BCUT2D eigenvalue weighted by molar-refractivity contribution is 0.819. The summed E-state index contributed by atoms with van der Waals surface area (Å²) in [4.78, 5) is 19.1. The highest BCUT2D eigenvalue weighted by Crippen LogP contribution is 2.11. The summed E-state index contributed by atoms with van der Waals surface area (Å²) in [7, 11) is 1.65. The molecule has 0 bridgehead atoms. The molecular weight excluding hydrogens is 210 g/mol. The lowest BCUT2D eigenvalue weighted by Crippen LogP contribution is -2.20. The van der Waals surface area contributed by atoms with Crippen molar-refractivity contribution < 1.29 is 0 Å². The molecule has 4 nitrogen and oxygen atoms in total. The predicted octanol–water partition coefficient (Wildman–Crippen LogP) is 1.61. The first kappa shape index (κ1) is 10.0. The second-order valence-electron chi connectivity index (χ2n) is 3.60. The van der Waals surface area contributed by atoms with Crippen molar-refractivity contribution in [2.75, 3.05) is 0 Å². The third kappa shape index (κ3) is 1.48. The SMILES string of the molecule is Cc1cc(C)c2c(=O)n(C)c(=S)[nH]c2n1. The van der Waals surface area contributed by atoms with E-state index in [1.165, 1.54) is 4.57 Å². The van der Waals surface area contributed by atoms with Crippen LogP contribution in [0.25, 0.3) is 11.0 Å². The molecule has 0 spiro atoms. The van der Waals surface area contributed by atoms with E-state index in [0.717, 1.165) is 11.3 Å². The molecule has 2 rings (SSSR count). The Labute approximate surface area is 91.6 Å². The van der Waals surface area contributed by atoms with Crippen molar-refractivity contribution in [2.45, 2.75) is 13.8 Å². The minimum absolute atomic E-state index is 0.0984. The van der Waals surface area contributed by atoms with Gasteiger partial charge in [-0.1, -0.05) is 0 Å². The molecule has 78 valence electrons. The maximum Gasteiger partial charge on any atom is 0.263 e. The van der Waals surface area contributed by atoms with Crippen molar-refractivity contribution in [3.8, 4) is 0 Å². The molecule has 2 aromatic heterocycles. The van der Waals surface area contributed by atoms with Crippen molar-refractivity contribution >= 4 is 23.3 Å². The minimum Gasteiger partial charge on any atom is -0.316 e. The Morgan fingerprint density at radius 1 is 1.47 bits per heavy atom. The van der Waals surface area contributed by atoms with E-state index >= 15 is 0 Å². The molecule has 15 heavy (non-hydrogen) atoms. The van der Waals surface area contributed by atoms with Crippen LogP contribution in [0, 0.1) is 18.6 Å². The van der Waals surface area contributed by atoms with Gasteiger partial charge in [0.05, 0.1) is 5.39 Å². The Balaban J connectivity index is 3.13. The van der Waals surface area contributed by atoms with Gasteiger partial charge in [-0.2, -0.15) is 0 Å². The Hall–Kier alpha value is -1.49. The van der Waals surface area contributed by atoms with Crippen LogP contribution in [0.15, 0.2) is 10.9 Å². The summed E-state index contributed by atoms with van der Waals surface area (Å²) in [5.74, 6) is 0. The molecule has 0 aliphatic heterocycles. The quantitative estimate of drug-likeness (QED) is 0.687. The van der Waals surface area contributed by atoms with E-state index < -0.39 is 0 Å². The normalized spacial score (nSPS) is 10.9. The van der Waals surface area contributed by atoms with Crippen LogP contribution in [-0.4, -0.2) is 14.5 Å². The predicted molar refractivity (Wildman–Crippen MR) is 61.6 cm³/mol. The molecule has 0 radical (unpaired) electrons. The molecule has 0 aromatic carbocycles. The average Bonchev–Trinajstić information content (AvgIpc) is 2.13. The lowest BCUT2D eigenvalue weighted by atomic mass is 10.2. The summed E-state index contributed by atoms with van der Waals surface area (Å²) >= 11 is 5.02. The van der Waals surface area contributed by atoms with Crippen molar-refractivity contribution in [2.24, 2.45) is 7.05 Å². The first-order valence-corrected chi connectivity index (χ1v) is 4.99. The van der Waals surface area contributed by atoms with Gasteiger partial charge in [0.15, 0.2) is 4.77 Å². The maximum absolute atomic E-state index is 11.9. The fourth-order valence-electron chi connectivity index (χ4n) is 1.64. The van der Waals surface area contributed by atoms with Gasteiger partial charge in [-0.3, -0.25) is 9.36 Å². The van der Waals surface area contributed by atoms with Crippen LogP contribution in [-0.2, 0) is 7.05 Å². The summed E-state index contributed by atoms with van der Waals surface area (Å²) in [5, 5.41) is 0.608. The average molecular weight is 221 g/mol.